The van der Waals surface area contributed by atoms with Gasteiger partial charge in [-0.25, -0.2) is 4.39 Å². The molecule has 0 aromatic heterocycles. The number of hydrogen-bond donors (Lipinski definition) is 3. The Bertz CT molecular complexity index is 996. The molecule has 2 amide bonds. The number of carbonyl (C=O) groups excluding carboxylic acids is 2. The molecule has 1 saturated heterocycles. The van der Waals surface area contributed by atoms with E-state index in [2.05, 4.69) is 20.8 Å². The van der Waals surface area contributed by atoms with Crippen LogP contribution in [0.15, 0.2) is 52.7 Å². The van der Waals surface area contributed by atoms with Crippen molar-refractivity contribution < 1.29 is 23.8 Å². The van der Waals surface area contributed by atoms with Gasteiger partial charge in [0.15, 0.2) is 16.7 Å². The maximum Gasteiger partial charge on any atom is 0.240 e. The van der Waals surface area contributed by atoms with Gasteiger partial charge in [-0.3, -0.25) is 9.59 Å². The Morgan fingerprint density at radius 3 is 2.93 bits per heavy atom. The van der Waals surface area contributed by atoms with E-state index >= 15 is 0 Å². The Kier molecular flexibility index (Phi) is 6.45. The van der Waals surface area contributed by atoms with Crippen molar-refractivity contribution in [3.05, 3.63) is 53.8 Å². The van der Waals surface area contributed by atoms with Gasteiger partial charge in [-0.15, -0.1) is 5.10 Å². The maximum absolute atomic E-state index is 13.6. The lowest BCUT2D eigenvalue weighted by Gasteiger charge is -2.07. The van der Waals surface area contributed by atoms with Crippen LogP contribution in [0.2, 0.25) is 0 Å². The van der Waals surface area contributed by atoms with E-state index in [-0.39, 0.29) is 28.9 Å². The third-order valence-corrected chi connectivity index (χ3v) is 4.93. The number of phenolic OH excluding ortho intramolecular Hbond substituents is 1. The van der Waals surface area contributed by atoms with Crippen molar-refractivity contribution in [3.63, 3.8) is 0 Å². The van der Waals surface area contributed by atoms with Gasteiger partial charge in [0.2, 0.25) is 11.8 Å². The number of anilines is 1. The first-order valence-electron chi connectivity index (χ1n) is 8.46. The number of rotatable bonds is 6. The van der Waals surface area contributed by atoms with Gasteiger partial charge in [0.1, 0.15) is 11.1 Å². The van der Waals surface area contributed by atoms with Gasteiger partial charge in [0, 0.05) is 6.42 Å². The number of thioether (sulfide) groups is 1. The van der Waals surface area contributed by atoms with E-state index < -0.39 is 17.0 Å². The molecule has 0 saturated carbocycles. The summed E-state index contributed by atoms with van der Waals surface area (Å²) in [6, 6.07) is 10.5. The van der Waals surface area contributed by atoms with Crippen molar-refractivity contribution in [2.24, 2.45) is 10.2 Å². The van der Waals surface area contributed by atoms with Gasteiger partial charge >= 0.3 is 0 Å². The standard InChI is InChI=1S/C19H17FN4O4S/c1-28-15-8-11(6-7-14(15)25)10-21-24-19-23-18(27)16(29-19)9-17(26)22-13-5-3-2-4-12(13)20/h2-8,10,16,25H,9H2,1H3,(H,22,26)(H,23,24,27). The minimum Gasteiger partial charge on any atom is -0.504 e. The van der Waals surface area contributed by atoms with E-state index in [4.69, 9.17) is 4.74 Å². The van der Waals surface area contributed by atoms with E-state index in [1.807, 2.05) is 0 Å². The van der Waals surface area contributed by atoms with Crippen molar-refractivity contribution in [3.8, 4) is 11.5 Å². The molecular formula is C19H17FN4O4S. The van der Waals surface area contributed by atoms with E-state index in [0.29, 0.717) is 11.3 Å². The number of hydrogen-bond acceptors (Lipinski definition) is 7. The first-order chi connectivity index (χ1) is 14.0. The fourth-order valence-corrected chi connectivity index (χ4v) is 3.37. The molecule has 0 bridgehead atoms. The highest BCUT2D eigenvalue weighted by molar-refractivity contribution is 8.15. The first-order valence-corrected chi connectivity index (χ1v) is 9.34. The second-order valence-electron chi connectivity index (χ2n) is 5.91. The SMILES string of the molecule is COc1cc(C=NN=C2NC(=O)C(CC(=O)Nc3ccccc3F)S2)ccc1O. The second-order valence-corrected chi connectivity index (χ2v) is 7.10. The molecule has 3 N–H and O–H groups in total. The number of para-hydroxylation sites is 1. The number of aromatic hydroxyl groups is 1. The summed E-state index contributed by atoms with van der Waals surface area (Å²) in [5, 5.41) is 21.9. The molecule has 1 aliphatic rings. The van der Waals surface area contributed by atoms with Gasteiger partial charge in [0.25, 0.3) is 0 Å². The predicted molar refractivity (Wildman–Crippen MR) is 109 cm³/mol. The van der Waals surface area contributed by atoms with E-state index in [0.717, 1.165) is 11.8 Å². The van der Waals surface area contributed by atoms with E-state index in [9.17, 15) is 19.1 Å². The zero-order valence-electron chi connectivity index (χ0n) is 15.3. The topological polar surface area (TPSA) is 112 Å². The summed E-state index contributed by atoms with van der Waals surface area (Å²) in [4.78, 5) is 24.1. The van der Waals surface area contributed by atoms with Crippen molar-refractivity contribution in [2.45, 2.75) is 11.7 Å². The Balaban J connectivity index is 1.58. The lowest BCUT2D eigenvalue weighted by Crippen LogP contribution is -2.28. The van der Waals surface area contributed by atoms with Crippen LogP contribution in [0.5, 0.6) is 11.5 Å². The number of methoxy groups -OCH3 is 1. The highest BCUT2D eigenvalue weighted by Crippen LogP contribution is 2.26. The number of carbonyl (C=O) groups is 2. The van der Waals surface area contributed by atoms with E-state index in [1.54, 1.807) is 18.2 Å². The molecule has 150 valence electrons. The Morgan fingerprint density at radius 1 is 1.38 bits per heavy atom. The number of amidine groups is 1. The number of benzene rings is 2. The third-order valence-electron chi connectivity index (χ3n) is 3.85. The molecule has 2 aromatic carbocycles. The highest BCUT2D eigenvalue weighted by atomic mass is 32.2. The quantitative estimate of drug-likeness (QED) is 0.495. The van der Waals surface area contributed by atoms with Crippen LogP contribution in [0.4, 0.5) is 10.1 Å². The Morgan fingerprint density at radius 2 is 2.17 bits per heavy atom. The van der Waals surface area contributed by atoms with Crippen LogP contribution in [0, 0.1) is 5.82 Å². The fourth-order valence-electron chi connectivity index (χ4n) is 2.44. The Hall–Kier alpha value is -3.40. The minimum atomic E-state index is -0.690. The van der Waals surface area contributed by atoms with Crippen LogP contribution in [-0.4, -0.2) is 40.7 Å². The molecule has 1 unspecified atom stereocenters. The predicted octanol–water partition coefficient (Wildman–Crippen LogP) is 2.49. The van der Waals surface area contributed by atoms with Gasteiger partial charge in [-0.1, -0.05) is 23.9 Å². The maximum atomic E-state index is 13.6. The molecule has 3 rings (SSSR count). The van der Waals surface area contributed by atoms with Crippen LogP contribution in [0.25, 0.3) is 0 Å². The zero-order valence-corrected chi connectivity index (χ0v) is 16.1. The lowest BCUT2D eigenvalue weighted by molar-refractivity contribution is -0.122. The molecule has 1 heterocycles. The van der Waals surface area contributed by atoms with Gasteiger partial charge in [0.05, 0.1) is 19.0 Å². The minimum absolute atomic E-state index is 0.00563. The van der Waals surface area contributed by atoms with E-state index in [1.165, 1.54) is 37.6 Å². The van der Waals surface area contributed by atoms with Gasteiger partial charge in [-0.05, 0) is 35.9 Å². The van der Waals surface area contributed by atoms with Crippen molar-refractivity contribution >= 4 is 40.6 Å². The molecule has 1 aliphatic heterocycles. The molecule has 0 radical (unpaired) electrons. The molecule has 1 atom stereocenters. The van der Waals surface area contributed by atoms with Gasteiger partial charge < -0.3 is 20.5 Å². The zero-order chi connectivity index (χ0) is 20.8. The van der Waals surface area contributed by atoms with Gasteiger partial charge in [-0.2, -0.15) is 5.10 Å². The molecule has 2 aromatic rings. The lowest BCUT2D eigenvalue weighted by atomic mass is 10.2. The number of phenols is 1. The van der Waals surface area contributed by atoms with Crippen molar-refractivity contribution in [2.75, 3.05) is 12.4 Å². The smallest absolute Gasteiger partial charge is 0.240 e. The molecule has 10 heteroatoms. The van der Waals surface area contributed by atoms with Crippen molar-refractivity contribution in [1.82, 2.24) is 5.32 Å². The van der Waals surface area contributed by atoms with Crippen LogP contribution >= 0.6 is 11.8 Å². The third kappa shape index (κ3) is 5.32. The normalized spacial score (nSPS) is 17.5. The summed E-state index contributed by atoms with van der Waals surface area (Å²) in [6.07, 6.45) is 1.29. The summed E-state index contributed by atoms with van der Waals surface area (Å²) in [5.74, 6) is -1.10. The molecule has 8 nitrogen and oxygen atoms in total. The number of nitrogens with one attached hydrogen (secondary N) is 2. The molecule has 0 spiro atoms. The highest BCUT2D eigenvalue weighted by Gasteiger charge is 2.32. The average Bonchev–Trinajstić information content (AvgIpc) is 3.04. The molecular weight excluding hydrogens is 399 g/mol. The molecule has 1 fully saturated rings. The van der Waals surface area contributed by atoms with Crippen LogP contribution in [0.1, 0.15) is 12.0 Å². The number of amides is 2. The van der Waals surface area contributed by atoms with Crippen LogP contribution < -0.4 is 15.4 Å². The summed E-state index contributed by atoms with van der Waals surface area (Å²) in [7, 11) is 1.43. The molecule has 29 heavy (non-hydrogen) atoms. The van der Waals surface area contributed by atoms with Crippen LogP contribution in [0.3, 0.4) is 0 Å². The second kappa shape index (κ2) is 9.20. The average molecular weight is 416 g/mol. The van der Waals surface area contributed by atoms with Crippen LogP contribution in [-0.2, 0) is 9.59 Å². The number of ether oxygens (including phenoxy) is 1. The monoisotopic (exact) mass is 416 g/mol. The largest absolute Gasteiger partial charge is 0.504 e. The summed E-state index contributed by atoms with van der Waals surface area (Å²) < 4.78 is 18.6. The summed E-state index contributed by atoms with van der Waals surface area (Å²) in [5.41, 5.74) is 0.697. The Labute approximate surface area is 169 Å². The molecule has 0 aliphatic carbocycles. The number of nitrogens with zero attached hydrogens (tertiary/aromatic N) is 2. The fraction of sp³-hybridized carbons (Fsp3) is 0.158. The summed E-state index contributed by atoms with van der Waals surface area (Å²) >= 11 is 1.06. The number of halogens is 1. The van der Waals surface area contributed by atoms with Crippen molar-refractivity contribution in [1.29, 1.82) is 0 Å². The summed E-state index contributed by atoms with van der Waals surface area (Å²) in [6.45, 7) is 0. The first kappa shape index (κ1) is 20.3.